The first kappa shape index (κ1) is 13.3. The minimum atomic E-state index is 0.205. The van der Waals surface area contributed by atoms with E-state index in [1.54, 1.807) is 6.20 Å². The normalized spacial score (nSPS) is 9.89. The van der Waals surface area contributed by atoms with Crippen molar-refractivity contribution < 1.29 is 0 Å². The molecule has 0 saturated heterocycles. The quantitative estimate of drug-likeness (QED) is 0.938. The Bertz CT molecular complexity index is 594. The molecule has 2 N–H and O–H groups in total. The number of aromatic nitrogens is 2. The zero-order valence-corrected chi connectivity index (χ0v) is 11.7. The highest BCUT2D eigenvalue weighted by atomic mass is 79.9. The van der Waals surface area contributed by atoms with E-state index >= 15 is 0 Å². The molecule has 96 valence electrons. The van der Waals surface area contributed by atoms with Crippen molar-refractivity contribution in [2.75, 3.05) is 17.2 Å². The molecule has 19 heavy (non-hydrogen) atoms. The summed E-state index contributed by atoms with van der Waals surface area (Å²) in [5.74, 6) is 0.866. The summed E-state index contributed by atoms with van der Waals surface area (Å²) in [6.07, 6.45) is 2.01. The first-order valence-corrected chi connectivity index (χ1v) is 6.49. The van der Waals surface area contributed by atoms with Gasteiger partial charge in [0.15, 0.2) is 5.82 Å². The highest BCUT2D eigenvalue weighted by Gasteiger charge is 2.14. The summed E-state index contributed by atoms with van der Waals surface area (Å²) < 4.78 is 0.739. The first-order valence-electron chi connectivity index (χ1n) is 5.70. The third kappa shape index (κ3) is 3.20. The zero-order valence-electron chi connectivity index (χ0n) is 10.1. The number of nitrogens with two attached hydrogens (primary N) is 1. The topological polar surface area (TPSA) is 78.8 Å². The van der Waals surface area contributed by atoms with Crippen molar-refractivity contribution in [3.05, 3.63) is 41.0 Å². The van der Waals surface area contributed by atoms with E-state index in [2.05, 4.69) is 32.0 Å². The summed E-state index contributed by atoms with van der Waals surface area (Å²) in [7, 11) is 0. The smallest absolute Gasteiger partial charge is 0.222 e. The fraction of sp³-hybridized carbons (Fsp3) is 0.154. The van der Waals surface area contributed by atoms with Crippen molar-refractivity contribution in [2.45, 2.75) is 6.42 Å². The molecule has 0 radical (unpaired) electrons. The number of nitrogens with zero attached hydrogens (tertiary/aromatic N) is 4. The summed E-state index contributed by atoms with van der Waals surface area (Å²) >= 11 is 3.42. The monoisotopic (exact) mass is 317 g/mol. The lowest BCUT2D eigenvalue weighted by Crippen LogP contribution is -2.20. The van der Waals surface area contributed by atoms with Gasteiger partial charge in [0.2, 0.25) is 5.95 Å². The van der Waals surface area contributed by atoms with Crippen molar-refractivity contribution >= 4 is 33.4 Å². The Morgan fingerprint density at radius 2 is 2.05 bits per heavy atom. The van der Waals surface area contributed by atoms with E-state index in [-0.39, 0.29) is 5.95 Å². The molecule has 2 rings (SSSR count). The van der Waals surface area contributed by atoms with Crippen molar-refractivity contribution in [2.24, 2.45) is 0 Å². The van der Waals surface area contributed by atoms with Gasteiger partial charge in [0.1, 0.15) is 0 Å². The van der Waals surface area contributed by atoms with Gasteiger partial charge >= 0.3 is 0 Å². The number of hydrogen-bond acceptors (Lipinski definition) is 5. The van der Waals surface area contributed by atoms with Gasteiger partial charge in [-0.3, -0.25) is 0 Å². The molecule has 5 nitrogen and oxygen atoms in total. The second kappa shape index (κ2) is 6.16. The van der Waals surface area contributed by atoms with Crippen LogP contribution in [0.5, 0.6) is 0 Å². The number of hydrogen-bond donors (Lipinski definition) is 1. The Hall–Kier alpha value is -2.13. The predicted molar refractivity (Wildman–Crippen MR) is 77.8 cm³/mol. The standard InChI is InChI=1S/C13H12BrN5/c14-11-9-17-13(16)18-12(11)19(8-4-7-15)10-5-2-1-3-6-10/h1-3,5-6,9H,4,8H2,(H2,16,17,18). The highest BCUT2D eigenvalue weighted by molar-refractivity contribution is 9.10. The number of rotatable bonds is 4. The Morgan fingerprint density at radius 1 is 1.32 bits per heavy atom. The lowest BCUT2D eigenvalue weighted by atomic mass is 10.2. The van der Waals surface area contributed by atoms with E-state index in [1.807, 2.05) is 35.2 Å². The maximum absolute atomic E-state index is 8.79. The van der Waals surface area contributed by atoms with Crippen LogP contribution in [-0.2, 0) is 0 Å². The number of halogens is 1. The lowest BCUT2D eigenvalue weighted by Gasteiger charge is -2.23. The van der Waals surface area contributed by atoms with E-state index in [9.17, 15) is 0 Å². The second-order valence-electron chi connectivity index (χ2n) is 3.80. The lowest BCUT2D eigenvalue weighted by molar-refractivity contribution is 0.918. The minimum absolute atomic E-state index is 0.205. The van der Waals surface area contributed by atoms with Gasteiger partial charge in [-0.1, -0.05) is 18.2 Å². The summed E-state index contributed by atoms with van der Waals surface area (Å²) in [5.41, 5.74) is 6.59. The van der Waals surface area contributed by atoms with Crippen LogP contribution in [0, 0.1) is 11.3 Å². The third-order valence-corrected chi connectivity index (χ3v) is 3.07. The molecule has 0 fully saturated rings. The maximum atomic E-state index is 8.79. The second-order valence-corrected chi connectivity index (χ2v) is 4.65. The molecule has 0 bridgehead atoms. The van der Waals surface area contributed by atoms with Crippen molar-refractivity contribution in [3.8, 4) is 6.07 Å². The van der Waals surface area contributed by atoms with Gasteiger partial charge in [-0.05, 0) is 28.1 Å². The molecule has 0 spiro atoms. The predicted octanol–water partition coefficient (Wildman–Crippen LogP) is 2.87. The Morgan fingerprint density at radius 3 is 2.74 bits per heavy atom. The first-order chi connectivity index (χ1) is 9.22. The molecule has 0 aliphatic rings. The fourth-order valence-electron chi connectivity index (χ4n) is 1.69. The molecule has 6 heteroatoms. The van der Waals surface area contributed by atoms with E-state index < -0.39 is 0 Å². The maximum Gasteiger partial charge on any atom is 0.222 e. The van der Waals surface area contributed by atoms with Crippen molar-refractivity contribution in [1.82, 2.24) is 9.97 Å². The Balaban J connectivity index is 2.43. The molecular weight excluding hydrogens is 306 g/mol. The molecule has 0 saturated carbocycles. The number of anilines is 3. The van der Waals surface area contributed by atoms with Gasteiger partial charge in [-0.2, -0.15) is 10.2 Å². The summed E-state index contributed by atoms with van der Waals surface area (Å²) in [6.45, 7) is 0.537. The van der Waals surface area contributed by atoms with E-state index in [4.69, 9.17) is 11.0 Å². The SMILES string of the molecule is N#CCCN(c1ccccc1)c1nc(N)ncc1Br. The molecule has 0 aliphatic heterocycles. The summed E-state index contributed by atoms with van der Waals surface area (Å²) in [4.78, 5) is 10.1. The Kier molecular flexibility index (Phi) is 4.31. The molecular formula is C13H12BrN5. The van der Waals surface area contributed by atoms with Crippen LogP contribution in [0.15, 0.2) is 41.0 Å². The van der Waals surface area contributed by atoms with Crippen LogP contribution >= 0.6 is 15.9 Å². The van der Waals surface area contributed by atoms with Gasteiger partial charge in [0.25, 0.3) is 0 Å². The minimum Gasteiger partial charge on any atom is -0.368 e. The van der Waals surface area contributed by atoms with Gasteiger partial charge in [-0.25, -0.2) is 4.98 Å². The van der Waals surface area contributed by atoms with Crippen LogP contribution in [0.4, 0.5) is 17.5 Å². The van der Waals surface area contributed by atoms with Crippen molar-refractivity contribution in [3.63, 3.8) is 0 Å². The van der Waals surface area contributed by atoms with E-state index in [0.717, 1.165) is 10.2 Å². The van der Waals surface area contributed by atoms with Crippen LogP contribution in [-0.4, -0.2) is 16.5 Å². The fourth-order valence-corrected chi connectivity index (χ4v) is 2.09. The van der Waals surface area contributed by atoms with Crippen LogP contribution in [0.25, 0.3) is 0 Å². The molecule has 1 aromatic carbocycles. The average molecular weight is 318 g/mol. The summed E-state index contributed by atoms with van der Waals surface area (Å²) in [6, 6.07) is 11.9. The summed E-state index contributed by atoms with van der Waals surface area (Å²) in [5, 5.41) is 8.79. The van der Waals surface area contributed by atoms with E-state index in [0.29, 0.717) is 18.8 Å². The van der Waals surface area contributed by atoms with Crippen LogP contribution < -0.4 is 10.6 Å². The number of nitrogen functional groups attached to an aromatic ring is 1. The van der Waals surface area contributed by atoms with E-state index in [1.165, 1.54) is 0 Å². The largest absolute Gasteiger partial charge is 0.368 e. The number of benzene rings is 1. The van der Waals surface area contributed by atoms with Crippen LogP contribution in [0.2, 0.25) is 0 Å². The van der Waals surface area contributed by atoms with Gasteiger partial charge < -0.3 is 10.6 Å². The number of para-hydroxylation sites is 1. The van der Waals surface area contributed by atoms with Gasteiger partial charge in [0, 0.05) is 18.4 Å². The molecule has 0 aliphatic carbocycles. The molecule has 1 heterocycles. The highest BCUT2D eigenvalue weighted by Crippen LogP contribution is 2.30. The van der Waals surface area contributed by atoms with Gasteiger partial charge in [0.05, 0.1) is 17.0 Å². The zero-order chi connectivity index (χ0) is 13.7. The molecule has 1 aromatic heterocycles. The molecule has 2 aromatic rings. The molecule has 0 amide bonds. The molecule has 0 unspecified atom stereocenters. The van der Waals surface area contributed by atoms with Crippen molar-refractivity contribution in [1.29, 1.82) is 5.26 Å². The number of nitriles is 1. The average Bonchev–Trinajstić information content (AvgIpc) is 2.44. The van der Waals surface area contributed by atoms with Crippen LogP contribution in [0.3, 0.4) is 0 Å². The Labute approximate surface area is 119 Å². The third-order valence-electron chi connectivity index (χ3n) is 2.51. The molecule has 0 atom stereocenters. The van der Waals surface area contributed by atoms with Gasteiger partial charge in [-0.15, -0.1) is 0 Å². The van der Waals surface area contributed by atoms with Crippen LogP contribution in [0.1, 0.15) is 6.42 Å².